The Hall–Kier alpha value is -2.50. The van der Waals surface area contributed by atoms with Crippen LogP contribution in [0.5, 0.6) is 0 Å². The van der Waals surface area contributed by atoms with Crippen LogP contribution in [0.15, 0.2) is 54.6 Å². The van der Waals surface area contributed by atoms with Gasteiger partial charge < -0.3 is 5.32 Å². The minimum Gasteiger partial charge on any atom is -0.309 e. The third-order valence-corrected chi connectivity index (χ3v) is 4.57. The molecule has 0 aliphatic carbocycles. The number of nitrogens with one attached hydrogen (secondary N) is 1. The highest BCUT2D eigenvalue weighted by Gasteiger charge is 2.21. The van der Waals surface area contributed by atoms with Gasteiger partial charge in [-0.25, -0.2) is 4.98 Å². The maximum Gasteiger partial charge on any atom is 0.226 e. The second-order valence-electron chi connectivity index (χ2n) is 4.95. The molecule has 0 aliphatic heterocycles. The number of hydrogen-bond donors (Lipinski definition) is 1. The summed E-state index contributed by atoms with van der Waals surface area (Å²) in [5.74, 6) is -0.499. The van der Waals surface area contributed by atoms with Crippen molar-refractivity contribution in [3.8, 4) is 10.6 Å². The quantitative estimate of drug-likeness (QED) is 0.702. The Bertz CT molecular complexity index is 889. The number of anilines is 1. The molecule has 0 fully saturated rings. The summed E-state index contributed by atoms with van der Waals surface area (Å²) in [5, 5.41) is 3.76. The first-order chi connectivity index (χ1) is 11.5. The van der Waals surface area contributed by atoms with E-state index in [2.05, 4.69) is 17.2 Å². The van der Waals surface area contributed by atoms with Crippen LogP contribution in [0.3, 0.4) is 0 Å². The summed E-state index contributed by atoms with van der Waals surface area (Å²) in [6.45, 7) is 3.29. The summed E-state index contributed by atoms with van der Waals surface area (Å²) in [5.41, 5.74) is 1.35. The zero-order valence-electron chi connectivity index (χ0n) is 12.5. The standard InChI is InChI=1S/C18H12ClN2O2S/c1-11(22)20-17-16(15(23)12-5-3-2-4-6-12)24-18(21-17)13-7-9-14(19)10-8-13/h2-10H,1H2,(H,20,22). The fourth-order valence-corrected chi connectivity index (χ4v) is 3.24. The fraction of sp³-hybridized carbons (Fsp3) is 0. The number of aromatic nitrogens is 1. The van der Waals surface area contributed by atoms with Gasteiger partial charge in [0.2, 0.25) is 11.7 Å². The van der Waals surface area contributed by atoms with E-state index in [1.54, 1.807) is 36.4 Å². The van der Waals surface area contributed by atoms with Gasteiger partial charge in [0.05, 0.1) is 0 Å². The smallest absolute Gasteiger partial charge is 0.226 e. The maximum atomic E-state index is 12.7. The minimum atomic E-state index is -0.523. The van der Waals surface area contributed by atoms with Crippen LogP contribution in [0.2, 0.25) is 5.02 Å². The first kappa shape index (κ1) is 16.4. The van der Waals surface area contributed by atoms with E-state index in [1.165, 1.54) is 11.3 Å². The van der Waals surface area contributed by atoms with Gasteiger partial charge in [-0.15, -0.1) is 11.3 Å². The van der Waals surface area contributed by atoms with Gasteiger partial charge in [-0.2, -0.15) is 0 Å². The second kappa shape index (κ2) is 6.95. The average Bonchev–Trinajstić information content (AvgIpc) is 2.98. The Morgan fingerprint density at radius 2 is 1.71 bits per heavy atom. The Balaban J connectivity index is 2.05. The Morgan fingerprint density at radius 1 is 1.04 bits per heavy atom. The number of benzene rings is 2. The monoisotopic (exact) mass is 355 g/mol. The van der Waals surface area contributed by atoms with Gasteiger partial charge in [-0.1, -0.05) is 54.1 Å². The predicted octanol–water partition coefficient (Wildman–Crippen LogP) is 4.47. The van der Waals surface area contributed by atoms with Crippen LogP contribution >= 0.6 is 22.9 Å². The highest BCUT2D eigenvalue weighted by atomic mass is 35.5. The van der Waals surface area contributed by atoms with Gasteiger partial charge in [-0.3, -0.25) is 9.59 Å². The van der Waals surface area contributed by atoms with Crippen LogP contribution in [0.4, 0.5) is 5.82 Å². The fourth-order valence-electron chi connectivity index (χ4n) is 2.13. The molecule has 0 atom stereocenters. The summed E-state index contributed by atoms with van der Waals surface area (Å²) in [4.78, 5) is 28.8. The van der Waals surface area contributed by atoms with Crippen LogP contribution in [-0.2, 0) is 4.79 Å². The summed E-state index contributed by atoms with van der Waals surface area (Å²) in [6.07, 6.45) is 0. The Kier molecular flexibility index (Phi) is 4.74. The normalized spacial score (nSPS) is 10.4. The molecule has 0 bridgehead atoms. The van der Waals surface area contributed by atoms with E-state index >= 15 is 0 Å². The largest absolute Gasteiger partial charge is 0.309 e. The van der Waals surface area contributed by atoms with Crippen molar-refractivity contribution >= 4 is 40.4 Å². The molecule has 1 heterocycles. The molecule has 0 saturated heterocycles. The first-order valence-corrected chi connectivity index (χ1v) is 8.23. The van der Waals surface area contributed by atoms with E-state index < -0.39 is 5.91 Å². The van der Waals surface area contributed by atoms with Crippen molar-refractivity contribution in [2.24, 2.45) is 0 Å². The van der Waals surface area contributed by atoms with Gasteiger partial charge in [0.1, 0.15) is 9.88 Å². The number of ketones is 1. The molecule has 1 N–H and O–H groups in total. The lowest BCUT2D eigenvalue weighted by molar-refractivity contribution is -0.112. The number of thiazole rings is 1. The van der Waals surface area contributed by atoms with Crippen molar-refractivity contribution < 1.29 is 9.59 Å². The third kappa shape index (κ3) is 3.53. The molecule has 24 heavy (non-hydrogen) atoms. The topological polar surface area (TPSA) is 59.1 Å². The lowest BCUT2D eigenvalue weighted by Crippen LogP contribution is -2.10. The minimum absolute atomic E-state index is 0.197. The molecule has 1 radical (unpaired) electrons. The van der Waals surface area contributed by atoms with Gasteiger partial charge in [-0.05, 0) is 12.1 Å². The maximum absolute atomic E-state index is 12.7. The van der Waals surface area contributed by atoms with Crippen molar-refractivity contribution in [3.05, 3.63) is 77.0 Å². The lowest BCUT2D eigenvalue weighted by Gasteiger charge is -2.01. The molecule has 0 spiro atoms. The van der Waals surface area contributed by atoms with E-state index in [1.807, 2.05) is 18.2 Å². The molecule has 119 valence electrons. The SMILES string of the molecule is [CH2]C(=O)Nc1nc(-c2ccc(Cl)cc2)sc1C(=O)c1ccccc1. The third-order valence-electron chi connectivity index (χ3n) is 3.22. The molecule has 3 rings (SSSR count). The molecule has 6 heteroatoms. The summed E-state index contributed by atoms with van der Waals surface area (Å²) in [7, 11) is 0. The van der Waals surface area contributed by atoms with Crippen LogP contribution in [0.1, 0.15) is 15.2 Å². The highest BCUT2D eigenvalue weighted by Crippen LogP contribution is 2.33. The van der Waals surface area contributed by atoms with Crippen LogP contribution in [-0.4, -0.2) is 16.7 Å². The number of nitrogens with zero attached hydrogens (tertiary/aromatic N) is 1. The second-order valence-corrected chi connectivity index (χ2v) is 6.38. The molecular formula is C18H12ClN2O2S. The lowest BCUT2D eigenvalue weighted by atomic mass is 10.1. The molecule has 4 nitrogen and oxygen atoms in total. The van der Waals surface area contributed by atoms with Gasteiger partial charge in [0.15, 0.2) is 5.82 Å². The highest BCUT2D eigenvalue weighted by molar-refractivity contribution is 7.17. The number of halogens is 1. The van der Waals surface area contributed by atoms with Crippen molar-refractivity contribution in [1.29, 1.82) is 0 Å². The Labute approximate surface area is 148 Å². The number of carbonyl (C=O) groups is 2. The van der Waals surface area contributed by atoms with Crippen LogP contribution in [0.25, 0.3) is 10.6 Å². The predicted molar refractivity (Wildman–Crippen MR) is 96.4 cm³/mol. The number of carbonyl (C=O) groups excluding carboxylic acids is 2. The molecule has 0 aliphatic rings. The molecule has 1 amide bonds. The summed E-state index contributed by atoms with van der Waals surface area (Å²) < 4.78 is 0. The molecule has 0 saturated carbocycles. The van der Waals surface area contributed by atoms with Gasteiger partial charge in [0.25, 0.3) is 0 Å². The van der Waals surface area contributed by atoms with E-state index in [-0.39, 0.29) is 11.6 Å². The molecular weight excluding hydrogens is 344 g/mol. The molecule has 2 aromatic carbocycles. The van der Waals surface area contributed by atoms with Crippen molar-refractivity contribution in [3.63, 3.8) is 0 Å². The first-order valence-electron chi connectivity index (χ1n) is 7.04. The van der Waals surface area contributed by atoms with E-state index in [0.29, 0.717) is 20.5 Å². The van der Waals surface area contributed by atoms with Crippen LogP contribution in [0, 0.1) is 6.92 Å². The summed E-state index contributed by atoms with van der Waals surface area (Å²) in [6, 6.07) is 16.0. The number of rotatable bonds is 4. The van der Waals surface area contributed by atoms with E-state index in [4.69, 9.17) is 11.6 Å². The molecule has 1 aromatic heterocycles. The van der Waals surface area contributed by atoms with E-state index in [9.17, 15) is 9.59 Å². The number of amides is 1. The molecule has 3 aromatic rings. The van der Waals surface area contributed by atoms with Crippen LogP contribution < -0.4 is 5.32 Å². The van der Waals surface area contributed by atoms with Crippen molar-refractivity contribution in [2.75, 3.05) is 5.32 Å². The molecule has 0 unspecified atom stereocenters. The average molecular weight is 356 g/mol. The number of hydrogen-bond acceptors (Lipinski definition) is 4. The van der Waals surface area contributed by atoms with Crippen molar-refractivity contribution in [1.82, 2.24) is 4.98 Å². The van der Waals surface area contributed by atoms with Crippen molar-refractivity contribution in [2.45, 2.75) is 0 Å². The van der Waals surface area contributed by atoms with Gasteiger partial charge >= 0.3 is 0 Å². The zero-order chi connectivity index (χ0) is 17.1. The Morgan fingerprint density at radius 3 is 2.33 bits per heavy atom. The van der Waals surface area contributed by atoms with Gasteiger partial charge in [0, 0.05) is 23.1 Å². The summed E-state index contributed by atoms with van der Waals surface area (Å²) >= 11 is 7.12. The zero-order valence-corrected chi connectivity index (χ0v) is 14.0. The van der Waals surface area contributed by atoms with E-state index in [0.717, 1.165) is 5.56 Å².